The Hall–Kier alpha value is -0.310. The number of likely N-dealkylation sites (tertiary alicyclic amines) is 1. The van der Waals surface area contributed by atoms with E-state index < -0.39 is 0 Å². The largest absolute Gasteiger partial charge is 0.487 e. The van der Waals surface area contributed by atoms with E-state index in [9.17, 15) is 0 Å². The molecular weight excluding hydrogens is 134 g/mol. The molecule has 1 fully saturated rings. The lowest BCUT2D eigenvalue weighted by Crippen LogP contribution is -2.33. The molecule has 0 aromatic heterocycles. The van der Waals surface area contributed by atoms with E-state index in [0.717, 1.165) is 13.1 Å². The van der Waals surface area contributed by atoms with Crippen molar-refractivity contribution in [2.45, 2.75) is 19.3 Å². The Bertz CT molecular complexity index is 110. The fourth-order valence-electron chi connectivity index (χ4n) is 1.09. The van der Waals surface area contributed by atoms with Gasteiger partial charge in [0.2, 0.25) is 0 Å². The smallest absolute Gasteiger partial charge is 0.256 e. The van der Waals surface area contributed by atoms with Crippen LogP contribution in [0.5, 0.6) is 0 Å². The molecule has 1 rings (SSSR count). The van der Waals surface area contributed by atoms with E-state index in [4.69, 9.17) is 5.11 Å². The Balaban J connectivity index is 2.31. The van der Waals surface area contributed by atoms with Crippen LogP contribution in [0.25, 0.3) is 0 Å². The van der Waals surface area contributed by atoms with Gasteiger partial charge in [-0.05, 0) is 31.5 Å². The van der Waals surface area contributed by atoms with Crippen LogP contribution in [0.4, 0.5) is 0 Å². The molecule has 0 radical (unpaired) electrons. The number of hydrogen-bond acceptors (Lipinski definition) is 1. The van der Waals surface area contributed by atoms with Crippen molar-refractivity contribution < 1.29 is 5.11 Å². The normalized spacial score (nSPS) is 19.8. The molecule has 0 amide bonds. The lowest BCUT2D eigenvalue weighted by Gasteiger charge is -2.25. The predicted molar refractivity (Wildman–Crippen MR) is 40.7 cm³/mol. The zero-order chi connectivity index (χ0) is 6.69. The predicted octanol–water partition coefficient (Wildman–Crippen LogP) is 1.32. The van der Waals surface area contributed by atoms with Crippen LogP contribution in [-0.2, 0) is 0 Å². The summed E-state index contributed by atoms with van der Waals surface area (Å²) in [4.78, 5) is 1.85. The molecule has 0 atom stereocenters. The first-order valence-corrected chi connectivity index (χ1v) is 3.69. The van der Waals surface area contributed by atoms with Gasteiger partial charge in [0.1, 0.15) is 0 Å². The summed E-state index contributed by atoms with van der Waals surface area (Å²) < 4.78 is 0. The highest BCUT2D eigenvalue weighted by atomic mass is 32.1. The van der Waals surface area contributed by atoms with E-state index >= 15 is 0 Å². The number of thiocarbonyl (C=S) groups is 1. The summed E-state index contributed by atoms with van der Waals surface area (Å²) in [7, 11) is 0. The standard InChI is InChI=1S/C6H11NOS/c8-6(9)7-4-2-1-3-5-7/h1-5H2,(H,8,9). The first-order chi connectivity index (χ1) is 4.30. The van der Waals surface area contributed by atoms with Crippen LogP contribution in [0.15, 0.2) is 0 Å². The molecule has 2 nitrogen and oxygen atoms in total. The van der Waals surface area contributed by atoms with Gasteiger partial charge >= 0.3 is 0 Å². The summed E-state index contributed by atoms with van der Waals surface area (Å²) in [5.41, 5.74) is 0. The van der Waals surface area contributed by atoms with Crippen LogP contribution in [0.3, 0.4) is 0 Å². The summed E-state index contributed by atoms with van der Waals surface area (Å²) in [6.45, 7) is 1.88. The zero-order valence-corrected chi connectivity index (χ0v) is 6.15. The SMILES string of the molecule is OC(=S)N1CCCCC1. The first kappa shape index (κ1) is 6.81. The summed E-state index contributed by atoms with van der Waals surface area (Å²) in [6.07, 6.45) is 3.61. The molecule has 9 heavy (non-hydrogen) atoms. The maximum absolute atomic E-state index is 8.83. The average molecular weight is 145 g/mol. The van der Waals surface area contributed by atoms with Crippen LogP contribution in [0, 0.1) is 0 Å². The molecule has 1 saturated heterocycles. The van der Waals surface area contributed by atoms with Crippen molar-refractivity contribution >= 4 is 17.4 Å². The van der Waals surface area contributed by atoms with Crippen LogP contribution < -0.4 is 0 Å². The van der Waals surface area contributed by atoms with Crippen molar-refractivity contribution in [2.75, 3.05) is 13.1 Å². The highest BCUT2D eigenvalue weighted by Crippen LogP contribution is 2.07. The van der Waals surface area contributed by atoms with E-state index in [1.807, 2.05) is 4.90 Å². The molecule has 52 valence electrons. The maximum atomic E-state index is 8.83. The van der Waals surface area contributed by atoms with Gasteiger partial charge in [-0.1, -0.05) is 0 Å². The molecule has 1 aliphatic heterocycles. The van der Waals surface area contributed by atoms with Crippen LogP contribution >= 0.6 is 12.2 Å². The maximum Gasteiger partial charge on any atom is 0.256 e. The Morgan fingerprint density at radius 2 is 1.78 bits per heavy atom. The van der Waals surface area contributed by atoms with Gasteiger partial charge in [0, 0.05) is 13.1 Å². The number of aliphatic hydroxyl groups is 1. The minimum atomic E-state index is 0.0645. The molecule has 0 bridgehead atoms. The van der Waals surface area contributed by atoms with Crippen LogP contribution in [0.2, 0.25) is 0 Å². The fourth-order valence-corrected chi connectivity index (χ4v) is 1.27. The third-order valence-electron chi connectivity index (χ3n) is 1.63. The molecule has 1 heterocycles. The number of hydrogen-bond donors (Lipinski definition) is 1. The molecule has 1 N–H and O–H groups in total. The third-order valence-corrected chi connectivity index (χ3v) is 1.88. The van der Waals surface area contributed by atoms with Gasteiger partial charge in [0.05, 0.1) is 0 Å². The minimum absolute atomic E-state index is 0.0645. The van der Waals surface area contributed by atoms with Gasteiger partial charge in [0.25, 0.3) is 5.17 Å². The van der Waals surface area contributed by atoms with E-state index in [0.29, 0.717) is 0 Å². The van der Waals surface area contributed by atoms with E-state index in [-0.39, 0.29) is 5.17 Å². The second-order valence-corrected chi connectivity index (χ2v) is 2.70. The summed E-state index contributed by atoms with van der Waals surface area (Å²) in [6, 6.07) is 0. The van der Waals surface area contributed by atoms with E-state index in [1.165, 1.54) is 19.3 Å². The lowest BCUT2D eigenvalue weighted by molar-refractivity contribution is 0.295. The van der Waals surface area contributed by atoms with Gasteiger partial charge in [-0.2, -0.15) is 0 Å². The quantitative estimate of drug-likeness (QED) is 0.520. The van der Waals surface area contributed by atoms with Gasteiger partial charge in [-0.25, -0.2) is 0 Å². The Morgan fingerprint density at radius 3 is 2.11 bits per heavy atom. The number of nitrogens with zero attached hydrogens (tertiary/aromatic N) is 1. The molecule has 3 heteroatoms. The molecule has 0 aromatic rings. The molecule has 0 unspecified atom stereocenters. The second kappa shape index (κ2) is 3.01. The molecule has 0 spiro atoms. The van der Waals surface area contributed by atoms with Crippen molar-refractivity contribution in [3.05, 3.63) is 0 Å². The first-order valence-electron chi connectivity index (χ1n) is 3.28. The monoisotopic (exact) mass is 145 g/mol. The Morgan fingerprint density at radius 1 is 1.22 bits per heavy atom. The highest BCUT2D eigenvalue weighted by molar-refractivity contribution is 7.79. The van der Waals surface area contributed by atoms with Gasteiger partial charge in [0.15, 0.2) is 0 Å². The molecule has 0 aromatic carbocycles. The van der Waals surface area contributed by atoms with Crippen molar-refractivity contribution in [2.24, 2.45) is 0 Å². The van der Waals surface area contributed by atoms with E-state index in [2.05, 4.69) is 12.2 Å². The topological polar surface area (TPSA) is 23.5 Å². The Kier molecular flexibility index (Phi) is 2.28. The lowest BCUT2D eigenvalue weighted by atomic mass is 10.1. The van der Waals surface area contributed by atoms with Crippen molar-refractivity contribution in [3.63, 3.8) is 0 Å². The average Bonchev–Trinajstić information content (AvgIpc) is 1.90. The molecule has 0 saturated carbocycles. The third kappa shape index (κ3) is 1.82. The van der Waals surface area contributed by atoms with Crippen molar-refractivity contribution in [1.82, 2.24) is 4.90 Å². The van der Waals surface area contributed by atoms with Crippen LogP contribution in [-0.4, -0.2) is 28.3 Å². The van der Waals surface area contributed by atoms with Crippen molar-refractivity contribution in [3.8, 4) is 0 Å². The van der Waals surface area contributed by atoms with Gasteiger partial charge < -0.3 is 10.0 Å². The molecular formula is C6H11NOS. The molecule has 0 aliphatic carbocycles. The zero-order valence-electron chi connectivity index (χ0n) is 5.34. The summed E-state index contributed by atoms with van der Waals surface area (Å²) >= 11 is 4.60. The molecule has 1 aliphatic rings. The van der Waals surface area contributed by atoms with Crippen molar-refractivity contribution in [1.29, 1.82) is 0 Å². The minimum Gasteiger partial charge on any atom is -0.487 e. The number of piperidine rings is 1. The van der Waals surface area contributed by atoms with Crippen LogP contribution in [0.1, 0.15) is 19.3 Å². The fraction of sp³-hybridized carbons (Fsp3) is 0.833. The number of rotatable bonds is 0. The number of aliphatic hydroxyl groups excluding tert-OH is 1. The van der Waals surface area contributed by atoms with Gasteiger partial charge in [-0.3, -0.25) is 0 Å². The second-order valence-electron chi connectivity index (χ2n) is 2.33. The van der Waals surface area contributed by atoms with E-state index in [1.54, 1.807) is 0 Å². The highest BCUT2D eigenvalue weighted by Gasteiger charge is 2.10. The van der Waals surface area contributed by atoms with Gasteiger partial charge in [-0.15, -0.1) is 0 Å². The summed E-state index contributed by atoms with van der Waals surface area (Å²) in [5.74, 6) is 0. The Labute approximate surface area is 60.5 Å². The summed E-state index contributed by atoms with van der Waals surface area (Å²) in [5, 5.41) is 8.90.